The normalized spacial score (nSPS) is 19.4. The van der Waals surface area contributed by atoms with E-state index in [0.29, 0.717) is 29.7 Å². The van der Waals surface area contributed by atoms with Crippen LogP contribution >= 0.6 is 0 Å². The molecule has 7 heteroatoms. The second-order valence-electron chi connectivity index (χ2n) is 7.66. The molecule has 0 spiro atoms. The van der Waals surface area contributed by atoms with Gasteiger partial charge in [0.1, 0.15) is 11.6 Å². The van der Waals surface area contributed by atoms with Crippen molar-refractivity contribution in [1.82, 2.24) is 20.0 Å². The summed E-state index contributed by atoms with van der Waals surface area (Å²) in [6, 6.07) is 1.78. The number of likely N-dealkylation sites (tertiary alicyclic amines) is 1. The van der Waals surface area contributed by atoms with E-state index in [0.717, 1.165) is 49.8 Å². The second-order valence-corrected chi connectivity index (χ2v) is 7.66. The minimum atomic E-state index is -0.191. The standard InChI is InChI=1S/C20H26N4O3/c1-12(2)17-22-19(27-23-17)16-9-4-5-10-24(16)20(25)14-11-13-7-6-8-15(13)21-18(14)26-3/h11-12,16H,4-10H2,1-3H3/t16-/m0/s1. The number of fused-ring (bicyclic) bond motifs is 1. The summed E-state index contributed by atoms with van der Waals surface area (Å²) in [5, 5.41) is 4.08. The van der Waals surface area contributed by atoms with Crippen LogP contribution in [0, 0.1) is 0 Å². The molecule has 1 aliphatic carbocycles. The van der Waals surface area contributed by atoms with Crippen LogP contribution in [0.1, 0.15) is 84.8 Å². The molecule has 0 saturated carbocycles. The van der Waals surface area contributed by atoms with Crippen molar-refractivity contribution in [2.45, 2.75) is 64.3 Å². The van der Waals surface area contributed by atoms with Gasteiger partial charge in [-0.2, -0.15) is 4.98 Å². The molecule has 0 aromatic carbocycles. The van der Waals surface area contributed by atoms with Crippen LogP contribution < -0.4 is 4.74 Å². The van der Waals surface area contributed by atoms with Crippen molar-refractivity contribution in [1.29, 1.82) is 0 Å². The molecule has 4 rings (SSSR count). The zero-order valence-electron chi connectivity index (χ0n) is 16.2. The van der Waals surface area contributed by atoms with Crippen molar-refractivity contribution >= 4 is 5.91 Å². The van der Waals surface area contributed by atoms with Crippen molar-refractivity contribution in [2.24, 2.45) is 0 Å². The molecule has 2 aliphatic rings. The fourth-order valence-electron chi connectivity index (χ4n) is 3.97. The Kier molecular flexibility index (Phi) is 4.85. The number of pyridine rings is 1. The van der Waals surface area contributed by atoms with Crippen molar-refractivity contribution in [2.75, 3.05) is 13.7 Å². The predicted octanol–water partition coefficient (Wildman–Crippen LogP) is 3.45. The van der Waals surface area contributed by atoms with Gasteiger partial charge in [-0.1, -0.05) is 19.0 Å². The Hall–Kier alpha value is -2.44. The lowest BCUT2D eigenvalue weighted by atomic mass is 10.00. The zero-order valence-corrected chi connectivity index (χ0v) is 16.2. The molecule has 2 aromatic heterocycles. The number of rotatable bonds is 4. The quantitative estimate of drug-likeness (QED) is 0.820. The van der Waals surface area contributed by atoms with Gasteiger partial charge in [0, 0.05) is 18.2 Å². The summed E-state index contributed by atoms with van der Waals surface area (Å²) in [7, 11) is 1.57. The minimum Gasteiger partial charge on any atom is -0.480 e. The van der Waals surface area contributed by atoms with E-state index in [1.165, 1.54) is 0 Å². The average molecular weight is 370 g/mol. The number of aromatic nitrogens is 3. The molecular weight excluding hydrogens is 344 g/mol. The van der Waals surface area contributed by atoms with Gasteiger partial charge in [0.2, 0.25) is 11.8 Å². The highest BCUT2D eigenvalue weighted by Crippen LogP contribution is 2.34. The number of carbonyl (C=O) groups is 1. The van der Waals surface area contributed by atoms with Gasteiger partial charge in [-0.25, -0.2) is 4.98 Å². The van der Waals surface area contributed by atoms with Gasteiger partial charge in [-0.3, -0.25) is 4.79 Å². The third kappa shape index (κ3) is 3.31. The molecule has 0 N–H and O–H groups in total. The SMILES string of the molecule is COc1nc2c(cc1C(=O)N1CCCC[C@H]1c1nc(C(C)C)no1)CCC2. The highest BCUT2D eigenvalue weighted by Gasteiger charge is 2.35. The fraction of sp³-hybridized carbons (Fsp3) is 0.600. The molecule has 1 amide bonds. The summed E-state index contributed by atoms with van der Waals surface area (Å²) in [5.41, 5.74) is 2.75. The van der Waals surface area contributed by atoms with Crippen LogP contribution in [-0.2, 0) is 12.8 Å². The third-order valence-electron chi connectivity index (χ3n) is 5.46. The number of ether oxygens (including phenoxy) is 1. The first-order valence-electron chi connectivity index (χ1n) is 9.79. The first-order valence-corrected chi connectivity index (χ1v) is 9.79. The number of methoxy groups -OCH3 is 1. The van der Waals surface area contributed by atoms with E-state index in [2.05, 4.69) is 15.1 Å². The maximum absolute atomic E-state index is 13.4. The first-order chi connectivity index (χ1) is 13.1. The Morgan fingerprint density at radius 1 is 1.26 bits per heavy atom. The van der Waals surface area contributed by atoms with E-state index in [1.54, 1.807) is 7.11 Å². The summed E-state index contributed by atoms with van der Waals surface area (Å²) < 4.78 is 11.0. The Labute approximate surface area is 159 Å². The molecule has 27 heavy (non-hydrogen) atoms. The van der Waals surface area contributed by atoms with Gasteiger partial charge < -0.3 is 14.2 Å². The Bertz CT molecular complexity index is 846. The molecule has 3 heterocycles. The van der Waals surface area contributed by atoms with Crippen LogP contribution in [0.3, 0.4) is 0 Å². The van der Waals surface area contributed by atoms with E-state index < -0.39 is 0 Å². The lowest BCUT2D eigenvalue weighted by Crippen LogP contribution is -2.39. The molecule has 0 bridgehead atoms. The lowest BCUT2D eigenvalue weighted by Gasteiger charge is -2.33. The van der Waals surface area contributed by atoms with Gasteiger partial charge in [-0.05, 0) is 50.2 Å². The Balaban J connectivity index is 1.66. The van der Waals surface area contributed by atoms with Gasteiger partial charge in [0.05, 0.1) is 7.11 Å². The maximum atomic E-state index is 13.4. The molecule has 0 radical (unpaired) electrons. The largest absolute Gasteiger partial charge is 0.480 e. The maximum Gasteiger partial charge on any atom is 0.260 e. The number of aryl methyl sites for hydroxylation is 2. The number of carbonyl (C=O) groups excluding carboxylic acids is 1. The van der Waals surface area contributed by atoms with Crippen LogP contribution in [0.2, 0.25) is 0 Å². The van der Waals surface area contributed by atoms with Crippen LogP contribution in [0.4, 0.5) is 0 Å². The first kappa shape index (κ1) is 17.9. The molecule has 0 unspecified atom stereocenters. The molecule has 2 aromatic rings. The average Bonchev–Trinajstić information content (AvgIpc) is 3.35. The highest BCUT2D eigenvalue weighted by atomic mass is 16.5. The molecular formula is C20H26N4O3. The van der Waals surface area contributed by atoms with E-state index in [4.69, 9.17) is 9.26 Å². The molecule has 144 valence electrons. The van der Waals surface area contributed by atoms with Crippen LogP contribution in [0.15, 0.2) is 10.6 Å². The molecule has 1 aliphatic heterocycles. The van der Waals surface area contributed by atoms with Crippen molar-refractivity contribution in [3.63, 3.8) is 0 Å². The van der Waals surface area contributed by atoms with E-state index in [9.17, 15) is 4.79 Å². The predicted molar refractivity (Wildman–Crippen MR) is 98.8 cm³/mol. The van der Waals surface area contributed by atoms with Crippen LogP contribution in [-0.4, -0.2) is 39.6 Å². The highest BCUT2D eigenvalue weighted by molar-refractivity contribution is 5.97. The van der Waals surface area contributed by atoms with Crippen LogP contribution in [0.25, 0.3) is 0 Å². The van der Waals surface area contributed by atoms with Crippen molar-refractivity contribution in [3.8, 4) is 5.88 Å². The lowest BCUT2D eigenvalue weighted by molar-refractivity contribution is 0.0557. The Morgan fingerprint density at radius 2 is 2.11 bits per heavy atom. The van der Waals surface area contributed by atoms with Gasteiger partial charge >= 0.3 is 0 Å². The van der Waals surface area contributed by atoms with Gasteiger partial charge in [-0.15, -0.1) is 0 Å². The fourth-order valence-corrected chi connectivity index (χ4v) is 3.97. The van der Waals surface area contributed by atoms with Crippen molar-refractivity contribution < 1.29 is 14.1 Å². The zero-order chi connectivity index (χ0) is 19.0. The van der Waals surface area contributed by atoms with Gasteiger partial charge in [0.15, 0.2) is 5.82 Å². The van der Waals surface area contributed by atoms with Crippen LogP contribution in [0.5, 0.6) is 5.88 Å². The van der Waals surface area contributed by atoms with Gasteiger partial charge in [0.25, 0.3) is 5.91 Å². The summed E-state index contributed by atoms with van der Waals surface area (Å²) in [4.78, 5) is 24.4. The van der Waals surface area contributed by atoms with E-state index in [-0.39, 0.29) is 17.9 Å². The van der Waals surface area contributed by atoms with E-state index in [1.807, 2.05) is 24.8 Å². The molecule has 1 fully saturated rings. The monoisotopic (exact) mass is 370 g/mol. The molecule has 1 saturated heterocycles. The summed E-state index contributed by atoms with van der Waals surface area (Å²) in [6.07, 6.45) is 5.83. The number of amides is 1. The van der Waals surface area contributed by atoms with Crippen molar-refractivity contribution in [3.05, 3.63) is 34.6 Å². The second kappa shape index (κ2) is 7.29. The van der Waals surface area contributed by atoms with E-state index >= 15 is 0 Å². The minimum absolute atomic E-state index is 0.0666. The number of hydrogen-bond acceptors (Lipinski definition) is 6. The smallest absolute Gasteiger partial charge is 0.260 e. The molecule has 7 nitrogen and oxygen atoms in total. The number of hydrogen-bond donors (Lipinski definition) is 0. The number of piperidine rings is 1. The number of nitrogens with zero attached hydrogens (tertiary/aromatic N) is 4. The topological polar surface area (TPSA) is 81.4 Å². The molecule has 1 atom stereocenters. The summed E-state index contributed by atoms with van der Waals surface area (Å²) in [6.45, 7) is 4.72. The Morgan fingerprint density at radius 3 is 2.85 bits per heavy atom. The third-order valence-corrected chi connectivity index (χ3v) is 5.46. The summed E-state index contributed by atoms with van der Waals surface area (Å²) in [5.74, 6) is 1.75. The summed E-state index contributed by atoms with van der Waals surface area (Å²) >= 11 is 0.